The first kappa shape index (κ1) is 18.2. The Morgan fingerprint density at radius 2 is 2.24 bits per heavy atom. The number of unbranched alkanes of at least 4 members (excludes halogenated alkanes) is 1. The van der Waals surface area contributed by atoms with Crippen molar-refractivity contribution in [1.29, 1.82) is 0 Å². The van der Waals surface area contributed by atoms with Crippen LogP contribution in [0.25, 0.3) is 0 Å². The number of rotatable bonds is 8. The van der Waals surface area contributed by atoms with Crippen molar-refractivity contribution in [3.63, 3.8) is 0 Å². The molecule has 0 bridgehead atoms. The molecule has 0 aliphatic carbocycles. The van der Waals surface area contributed by atoms with Crippen molar-refractivity contribution in [2.45, 2.75) is 58.0 Å². The van der Waals surface area contributed by atoms with Crippen LogP contribution in [-0.2, 0) is 4.74 Å². The highest BCUT2D eigenvalue weighted by molar-refractivity contribution is 5.79. The van der Waals surface area contributed by atoms with Crippen molar-refractivity contribution < 1.29 is 4.74 Å². The van der Waals surface area contributed by atoms with E-state index in [2.05, 4.69) is 34.4 Å². The van der Waals surface area contributed by atoms with Crippen LogP contribution in [0, 0.1) is 0 Å². The summed E-state index contributed by atoms with van der Waals surface area (Å²) in [6.07, 6.45) is 6.56. The Kier molecular flexibility index (Phi) is 9.42. The van der Waals surface area contributed by atoms with Crippen LogP contribution in [0.15, 0.2) is 4.99 Å². The number of nitrogens with zero attached hydrogens (tertiary/aromatic N) is 2. The van der Waals surface area contributed by atoms with Crippen LogP contribution >= 0.6 is 0 Å². The van der Waals surface area contributed by atoms with Gasteiger partial charge >= 0.3 is 0 Å². The van der Waals surface area contributed by atoms with Crippen molar-refractivity contribution in [1.82, 2.24) is 15.5 Å². The van der Waals surface area contributed by atoms with E-state index in [4.69, 9.17) is 4.74 Å². The first-order valence-corrected chi connectivity index (χ1v) is 8.41. The molecule has 1 saturated heterocycles. The molecule has 5 heteroatoms. The number of hydrogen-bond acceptors (Lipinski definition) is 3. The van der Waals surface area contributed by atoms with E-state index in [1.807, 2.05) is 7.05 Å². The molecule has 2 unspecified atom stereocenters. The van der Waals surface area contributed by atoms with Gasteiger partial charge in [-0.1, -0.05) is 19.8 Å². The van der Waals surface area contributed by atoms with Gasteiger partial charge in [-0.15, -0.1) is 0 Å². The molecule has 1 fully saturated rings. The summed E-state index contributed by atoms with van der Waals surface area (Å²) in [5, 5.41) is 6.84. The van der Waals surface area contributed by atoms with E-state index in [1.54, 1.807) is 7.11 Å². The molecule has 124 valence electrons. The van der Waals surface area contributed by atoms with Gasteiger partial charge in [0, 0.05) is 32.8 Å². The Morgan fingerprint density at radius 3 is 2.90 bits per heavy atom. The highest BCUT2D eigenvalue weighted by Gasteiger charge is 2.21. The lowest BCUT2D eigenvalue weighted by atomic mass is 10.0. The number of guanidine groups is 1. The van der Waals surface area contributed by atoms with Gasteiger partial charge in [-0.05, 0) is 39.3 Å². The normalized spacial score (nSPS) is 22.1. The quantitative estimate of drug-likeness (QED) is 0.530. The lowest BCUT2D eigenvalue weighted by Crippen LogP contribution is -2.51. The fraction of sp³-hybridized carbons (Fsp3) is 0.938. The van der Waals surface area contributed by atoms with E-state index in [0.29, 0.717) is 12.6 Å². The number of likely N-dealkylation sites (tertiary alicyclic amines) is 1. The van der Waals surface area contributed by atoms with Gasteiger partial charge in [0.05, 0.1) is 6.61 Å². The molecule has 2 N–H and O–H groups in total. The predicted molar refractivity (Wildman–Crippen MR) is 90.0 cm³/mol. The Balaban J connectivity index is 2.38. The molecular formula is C16H34N4O. The number of nitrogens with one attached hydrogen (secondary N) is 2. The van der Waals surface area contributed by atoms with Gasteiger partial charge < -0.3 is 15.4 Å². The molecule has 1 heterocycles. The van der Waals surface area contributed by atoms with Crippen molar-refractivity contribution >= 4 is 5.96 Å². The van der Waals surface area contributed by atoms with E-state index < -0.39 is 0 Å². The van der Waals surface area contributed by atoms with Crippen molar-refractivity contribution in [3.05, 3.63) is 0 Å². The Labute approximate surface area is 130 Å². The van der Waals surface area contributed by atoms with Crippen LogP contribution in [0.2, 0.25) is 0 Å². The highest BCUT2D eigenvalue weighted by atomic mass is 16.5. The summed E-state index contributed by atoms with van der Waals surface area (Å²) < 4.78 is 5.15. The molecule has 0 spiro atoms. The summed E-state index contributed by atoms with van der Waals surface area (Å²) in [7, 11) is 3.55. The average molecular weight is 298 g/mol. The second-order valence-corrected chi connectivity index (χ2v) is 5.99. The molecule has 0 radical (unpaired) electrons. The third kappa shape index (κ3) is 7.14. The standard InChI is InChI=1S/C16H34N4O/c1-5-6-10-20-11-8-7-9-15(20)12-18-16(17-3)19-14(2)13-21-4/h14-15H,5-13H2,1-4H3,(H2,17,18,19). The van der Waals surface area contributed by atoms with E-state index in [-0.39, 0.29) is 6.04 Å². The fourth-order valence-corrected chi connectivity index (χ4v) is 2.88. The van der Waals surface area contributed by atoms with Gasteiger partial charge in [0.15, 0.2) is 5.96 Å². The zero-order valence-corrected chi connectivity index (χ0v) is 14.3. The van der Waals surface area contributed by atoms with Crippen LogP contribution in [0.1, 0.15) is 46.0 Å². The van der Waals surface area contributed by atoms with Gasteiger partial charge in [-0.2, -0.15) is 0 Å². The third-order valence-electron chi connectivity index (χ3n) is 4.08. The van der Waals surface area contributed by atoms with Gasteiger partial charge in [-0.25, -0.2) is 0 Å². The topological polar surface area (TPSA) is 48.9 Å². The van der Waals surface area contributed by atoms with Crippen LogP contribution in [0.5, 0.6) is 0 Å². The molecule has 2 atom stereocenters. The van der Waals surface area contributed by atoms with Crippen LogP contribution in [0.3, 0.4) is 0 Å². The fourth-order valence-electron chi connectivity index (χ4n) is 2.88. The monoisotopic (exact) mass is 298 g/mol. The molecule has 0 aromatic rings. The van der Waals surface area contributed by atoms with Crippen molar-refractivity contribution in [2.24, 2.45) is 4.99 Å². The molecule has 0 aromatic carbocycles. The number of methoxy groups -OCH3 is 1. The summed E-state index contributed by atoms with van der Waals surface area (Å²) in [5.74, 6) is 0.876. The smallest absolute Gasteiger partial charge is 0.191 e. The van der Waals surface area contributed by atoms with Gasteiger partial charge in [0.2, 0.25) is 0 Å². The minimum Gasteiger partial charge on any atom is -0.383 e. The Bertz CT molecular complexity index is 296. The van der Waals surface area contributed by atoms with Gasteiger partial charge in [0.1, 0.15) is 0 Å². The Morgan fingerprint density at radius 1 is 1.43 bits per heavy atom. The molecule has 5 nitrogen and oxygen atoms in total. The summed E-state index contributed by atoms with van der Waals surface area (Å²) in [4.78, 5) is 6.95. The second-order valence-electron chi connectivity index (χ2n) is 5.99. The number of ether oxygens (including phenoxy) is 1. The molecule has 21 heavy (non-hydrogen) atoms. The summed E-state index contributed by atoms with van der Waals surface area (Å²) in [5.41, 5.74) is 0. The molecule has 1 rings (SSSR count). The number of piperidine rings is 1. The SMILES string of the molecule is CCCCN1CCCCC1CNC(=NC)NC(C)COC. The number of hydrogen-bond donors (Lipinski definition) is 2. The maximum absolute atomic E-state index is 5.15. The lowest BCUT2D eigenvalue weighted by molar-refractivity contribution is 0.147. The third-order valence-corrected chi connectivity index (χ3v) is 4.08. The maximum Gasteiger partial charge on any atom is 0.191 e. The van der Waals surface area contributed by atoms with Crippen LogP contribution in [-0.4, -0.2) is 63.3 Å². The van der Waals surface area contributed by atoms with Crippen molar-refractivity contribution in [2.75, 3.05) is 40.4 Å². The summed E-state index contributed by atoms with van der Waals surface area (Å²) in [6.45, 7) is 8.51. The molecular weight excluding hydrogens is 264 g/mol. The molecule has 0 saturated carbocycles. The minimum absolute atomic E-state index is 0.267. The Hall–Kier alpha value is -0.810. The lowest BCUT2D eigenvalue weighted by Gasteiger charge is -2.36. The second kappa shape index (κ2) is 10.9. The predicted octanol–water partition coefficient (Wildman–Crippen LogP) is 1.84. The van der Waals surface area contributed by atoms with E-state index in [1.165, 1.54) is 45.2 Å². The van der Waals surface area contributed by atoms with Crippen LogP contribution in [0.4, 0.5) is 0 Å². The first-order valence-electron chi connectivity index (χ1n) is 8.41. The van der Waals surface area contributed by atoms with Crippen molar-refractivity contribution in [3.8, 4) is 0 Å². The van der Waals surface area contributed by atoms with E-state index >= 15 is 0 Å². The molecule has 1 aliphatic heterocycles. The zero-order valence-electron chi connectivity index (χ0n) is 14.3. The summed E-state index contributed by atoms with van der Waals surface area (Å²) in [6, 6.07) is 0.908. The van der Waals surface area contributed by atoms with Crippen LogP contribution < -0.4 is 10.6 Å². The van der Waals surface area contributed by atoms with Gasteiger partial charge in [0.25, 0.3) is 0 Å². The maximum atomic E-state index is 5.15. The first-order chi connectivity index (χ1) is 10.2. The minimum atomic E-state index is 0.267. The molecule has 0 aromatic heterocycles. The number of aliphatic imine (C=N–C) groups is 1. The summed E-state index contributed by atoms with van der Waals surface area (Å²) >= 11 is 0. The highest BCUT2D eigenvalue weighted by Crippen LogP contribution is 2.16. The average Bonchev–Trinajstić information content (AvgIpc) is 2.50. The van der Waals surface area contributed by atoms with E-state index in [0.717, 1.165) is 12.5 Å². The zero-order chi connectivity index (χ0) is 15.5. The molecule has 1 aliphatic rings. The largest absolute Gasteiger partial charge is 0.383 e. The molecule has 0 amide bonds. The van der Waals surface area contributed by atoms with E-state index in [9.17, 15) is 0 Å². The van der Waals surface area contributed by atoms with Gasteiger partial charge in [-0.3, -0.25) is 9.89 Å².